The number of anilines is 1. The van der Waals surface area contributed by atoms with Gasteiger partial charge in [0.2, 0.25) is 0 Å². The molecule has 5 nitrogen and oxygen atoms in total. The Bertz CT molecular complexity index is 690. The zero-order valence-corrected chi connectivity index (χ0v) is 13.2. The van der Waals surface area contributed by atoms with Crippen molar-refractivity contribution in [1.29, 1.82) is 0 Å². The van der Waals surface area contributed by atoms with Gasteiger partial charge in [0.15, 0.2) is 0 Å². The summed E-state index contributed by atoms with van der Waals surface area (Å²) in [6.07, 6.45) is -0.767. The highest BCUT2D eigenvalue weighted by molar-refractivity contribution is 6.33. The predicted octanol–water partition coefficient (Wildman–Crippen LogP) is 3.96. The molecule has 2 rings (SSSR count). The highest BCUT2D eigenvalue weighted by Crippen LogP contribution is 2.28. The second-order valence-corrected chi connectivity index (χ2v) is 5.28. The second kappa shape index (κ2) is 7.65. The van der Waals surface area contributed by atoms with E-state index in [-0.39, 0.29) is 11.6 Å². The quantitative estimate of drug-likeness (QED) is 0.899. The summed E-state index contributed by atoms with van der Waals surface area (Å²) in [5, 5.41) is 9.52. The van der Waals surface area contributed by atoms with Crippen molar-refractivity contribution in [2.45, 2.75) is 19.6 Å². The number of carbonyl (C=O) groups is 2. The summed E-state index contributed by atoms with van der Waals surface area (Å²) in [5.41, 5.74) is 1.10. The van der Waals surface area contributed by atoms with Crippen molar-refractivity contribution in [3.63, 3.8) is 0 Å². The SMILES string of the molecule is C[C@@H](C(=O)O)N(C(=O)OCc1ccccc1)c1ccccc1Cl. The number of rotatable bonds is 5. The molecule has 0 spiro atoms. The lowest BCUT2D eigenvalue weighted by Gasteiger charge is -2.26. The monoisotopic (exact) mass is 333 g/mol. The van der Waals surface area contributed by atoms with Gasteiger partial charge < -0.3 is 9.84 Å². The maximum absolute atomic E-state index is 12.4. The van der Waals surface area contributed by atoms with E-state index in [1.54, 1.807) is 24.3 Å². The van der Waals surface area contributed by atoms with Crippen LogP contribution in [0.3, 0.4) is 0 Å². The number of amides is 1. The lowest BCUT2D eigenvalue weighted by molar-refractivity contribution is -0.138. The highest BCUT2D eigenvalue weighted by Gasteiger charge is 2.29. The summed E-state index contributed by atoms with van der Waals surface area (Å²) >= 11 is 6.09. The van der Waals surface area contributed by atoms with Crippen LogP contribution >= 0.6 is 11.6 Å². The lowest BCUT2D eigenvalue weighted by atomic mass is 10.2. The maximum atomic E-state index is 12.4. The number of hydrogen-bond acceptors (Lipinski definition) is 3. The first-order chi connectivity index (χ1) is 11.0. The molecule has 2 aromatic carbocycles. The first-order valence-electron chi connectivity index (χ1n) is 6.98. The average molecular weight is 334 g/mol. The molecule has 0 saturated carbocycles. The zero-order chi connectivity index (χ0) is 16.8. The molecule has 0 bridgehead atoms. The minimum atomic E-state index is -1.15. The first kappa shape index (κ1) is 16.8. The molecule has 1 amide bonds. The molecule has 120 valence electrons. The standard InChI is InChI=1S/C17H16ClNO4/c1-12(16(20)21)19(15-10-6-5-9-14(15)18)17(22)23-11-13-7-3-2-4-8-13/h2-10,12H,11H2,1H3,(H,20,21)/t12-/m0/s1. The number of nitrogens with zero attached hydrogens (tertiary/aromatic N) is 1. The van der Waals surface area contributed by atoms with Gasteiger partial charge in [-0.2, -0.15) is 0 Å². The summed E-state index contributed by atoms with van der Waals surface area (Å²) in [4.78, 5) is 24.7. The van der Waals surface area contributed by atoms with Crippen molar-refractivity contribution in [3.05, 3.63) is 65.2 Å². The molecule has 0 aliphatic rings. The molecule has 23 heavy (non-hydrogen) atoms. The van der Waals surface area contributed by atoms with Crippen LogP contribution in [0, 0.1) is 0 Å². The van der Waals surface area contributed by atoms with Crippen molar-refractivity contribution < 1.29 is 19.4 Å². The number of hydrogen-bond donors (Lipinski definition) is 1. The van der Waals surface area contributed by atoms with E-state index in [0.29, 0.717) is 5.69 Å². The Balaban J connectivity index is 2.22. The summed E-state index contributed by atoms with van der Waals surface area (Å²) in [5.74, 6) is -1.15. The van der Waals surface area contributed by atoms with Gasteiger partial charge in [0.1, 0.15) is 12.6 Å². The van der Waals surface area contributed by atoms with Crippen molar-refractivity contribution in [1.82, 2.24) is 0 Å². The molecule has 0 radical (unpaired) electrons. The van der Waals surface area contributed by atoms with Crippen LogP contribution in [0.1, 0.15) is 12.5 Å². The summed E-state index contributed by atoms with van der Waals surface area (Å²) in [7, 11) is 0. The Kier molecular flexibility index (Phi) is 5.60. The number of benzene rings is 2. The molecule has 0 saturated heterocycles. The summed E-state index contributed by atoms with van der Waals surface area (Å²) in [6.45, 7) is 1.45. The Morgan fingerprint density at radius 3 is 2.35 bits per heavy atom. The number of carbonyl (C=O) groups excluding carboxylic acids is 1. The van der Waals surface area contributed by atoms with Crippen LogP contribution in [-0.4, -0.2) is 23.2 Å². The molecule has 0 aliphatic carbocycles. The Morgan fingerprint density at radius 2 is 1.74 bits per heavy atom. The largest absolute Gasteiger partial charge is 0.480 e. The summed E-state index contributed by atoms with van der Waals surface area (Å²) in [6, 6.07) is 14.6. The van der Waals surface area contributed by atoms with Crippen LogP contribution in [0.4, 0.5) is 10.5 Å². The van der Waals surface area contributed by atoms with E-state index in [2.05, 4.69) is 0 Å². The van der Waals surface area contributed by atoms with Gasteiger partial charge in [-0.3, -0.25) is 4.90 Å². The van der Waals surface area contributed by atoms with E-state index in [1.807, 2.05) is 30.3 Å². The molecule has 0 aromatic heterocycles. The fraction of sp³-hybridized carbons (Fsp3) is 0.176. The van der Waals surface area contributed by atoms with Crippen molar-refractivity contribution in [3.8, 4) is 0 Å². The van der Waals surface area contributed by atoms with Gasteiger partial charge in [-0.05, 0) is 24.6 Å². The van der Waals surface area contributed by atoms with Crippen molar-refractivity contribution >= 4 is 29.4 Å². The average Bonchev–Trinajstić information content (AvgIpc) is 2.55. The van der Waals surface area contributed by atoms with E-state index in [4.69, 9.17) is 16.3 Å². The first-order valence-corrected chi connectivity index (χ1v) is 7.35. The molecular weight excluding hydrogens is 318 g/mol. The number of ether oxygens (including phenoxy) is 1. The van der Waals surface area contributed by atoms with E-state index in [0.717, 1.165) is 10.5 Å². The van der Waals surface area contributed by atoms with Crippen LogP contribution < -0.4 is 4.90 Å². The number of carboxylic acids is 1. The number of para-hydroxylation sites is 1. The third-order valence-electron chi connectivity index (χ3n) is 3.26. The molecule has 2 aromatic rings. The predicted molar refractivity (Wildman–Crippen MR) is 87.7 cm³/mol. The minimum absolute atomic E-state index is 0.0486. The number of halogens is 1. The molecule has 0 fully saturated rings. The molecule has 1 atom stereocenters. The molecule has 0 heterocycles. The molecule has 0 aliphatic heterocycles. The van der Waals surface area contributed by atoms with Gasteiger partial charge in [0, 0.05) is 0 Å². The van der Waals surface area contributed by atoms with Gasteiger partial charge >= 0.3 is 12.1 Å². The smallest absolute Gasteiger partial charge is 0.415 e. The summed E-state index contributed by atoms with van der Waals surface area (Å²) < 4.78 is 5.24. The Labute approximate surface area is 139 Å². The van der Waals surface area contributed by atoms with E-state index in [1.165, 1.54) is 6.92 Å². The third-order valence-corrected chi connectivity index (χ3v) is 3.58. The van der Waals surface area contributed by atoms with Gasteiger partial charge in [-0.1, -0.05) is 54.1 Å². The second-order valence-electron chi connectivity index (χ2n) is 4.88. The van der Waals surface area contributed by atoms with Gasteiger partial charge in [0.25, 0.3) is 0 Å². The van der Waals surface area contributed by atoms with Crippen molar-refractivity contribution in [2.75, 3.05) is 4.90 Å². The van der Waals surface area contributed by atoms with Crippen LogP contribution in [0.25, 0.3) is 0 Å². The normalized spacial score (nSPS) is 11.6. The van der Waals surface area contributed by atoms with Gasteiger partial charge in [-0.25, -0.2) is 9.59 Å². The van der Waals surface area contributed by atoms with E-state index < -0.39 is 18.1 Å². The molecule has 1 N–H and O–H groups in total. The fourth-order valence-corrected chi connectivity index (χ4v) is 2.24. The van der Waals surface area contributed by atoms with Crippen LogP contribution in [0.2, 0.25) is 5.02 Å². The van der Waals surface area contributed by atoms with Crippen LogP contribution in [0.15, 0.2) is 54.6 Å². The Hall–Kier alpha value is -2.53. The fourth-order valence-electron chi connectivity index (χ4n) is 2.01. The minimum Gasteiger partial charge on any atom is -0.480 e. The third kappa shape index (κ3) is 4.23. The number of aliphatic carboxylic acids is 1. The van der Waals surface area contributed by atoms with E-state index >= 15 is 0 Å². The van der Waals surface area contributed by atoms with Crippen LogP contribution in [-0.2, 0) is 16.1 Å². The maximum Gasteiger partial charge on any atom is 0.415 e. The molecule has 0 unspecified atom stereocenters. The van der Waals surface area contributed by atoms with E-state index in [9.17, 15) is 14.7 Å². The van der Waals surface area contributed by atoms with Crippen LogP contribution in [0.5, 0.6) is 0 Å². The van der Waals surface area contributed by atoms with Gasteiger partial charge in [-0.15, -0.1) is 0 Å². The zero-order valence-electron chi connectivity index (χ0n) is 12.5. The topological polar surface area (TPSA) is 66.8 Å². The molecular formula is C17H16ClNO4. The van der Waals surface area contributed by atoms with Crippen molar-refractivity contribution in [2.24, 2.45) is 0 Å². The Morgan fingerprint density at radius 1 is 1.13 bits per heavy atom. The number of carboxylic acid groups (broad SMARTS) is 1. The molecule has 6 heteroatoms. The lowest BCUT2D eigenvalue weighted by Crippen LogP contribution is -2.44. The highest BCUT2D eigenvalue weighted by atomic mass is 35.5. The van der Waals surface area contributed by atoms with Gasteiger partial charge in [0.05, 0.1) is 10.7 Å².